The summed E-state index contributed by atoms with van der Waals surface area (Å²) in [5.74, 6) is 0.935. The summed E-state index contributed by atoms with van der Waals surface area (Å²) in [4.78, 5) is 2.38. The van der Waals surface area contributed by atoms with E-state index in [1.807, 2.05) is 6.92 Å². The fourth-order valence-corrected chi connectivity index (χ4v) is 2.51. The SMILES string of the molecule is CC1CCCN(CC(C)(O)C(C)C)C1CN. The number of piperidine rings is 1. The van der Waals surface area contributed by atoms with Gasteiger partial charge in [0.2, 0.25) is 0 Å². The Morgan fingerprint density at radius 2 is 2.12 bits per heavy atom. The molecule has 0 radical (unpaired) electrons. The van der Waals surface area contributed by atoms with E-state index in [-0.39, 0.29) is 5.92 Å². The first-order valence-electron chi connectivity index (χ1n) is 6.55. The predicted octanol–water partition coefficient (Wildman–Crippen LogP) is 1.45. The van der Waals surface area contributed by atoms with Gasteiger partial charge in [-0.25, -0.2) is 0 Å². The number of likely N-dealkylation sites (tertiary alicyclic amines) is 1. The number of rotatable bonds is 4. The molecule has 3 atom stereocenters. The summed E-state index contributed by atoms with van der Waals surface area (Å²) in [6, 6.07) is 0.443. The number of hydrogen-bond donors (Lipinski definition) is 2. The maximum atomic E-state index is 10.4. The number of aliphatic hydroxyl groups is 1. The number of β-amino-alcohol motifs (C(OH)–C–C–N with tert-alkyl or cyclic N) is 1. The van der Waals surface area contributed by atoms with Crippen LogP contribution < -0.4 is 5.73 Å². The van der Waals surface area contributed by atoms with E-state index in [4.69, 9.17) is 5.73 Å². The average molecular weight is 228 g/mol. The number of hydrogen-bond acceptors (Lipinski definition) is 3. The molecule has 0 aromatic carbocycles. The van der Waals surface area contributed by atoms with Gasteiger partial charge in [-0.05, 0) is 38.1 Å². The Morgan fingerprint density at radius 3 is 2.62 bits per heavy atom. The molecule has 0 bridgehead atoms. The van der Waals surface area contributed by atoms with E-state index in [0.29, 0.717) is 18.5 Å². The summed E-state index contributed by atoms with van der Waals surface area (Å²) in [6.07, 6.45) is 2.49. The summed E-state index contributed by atoms with van der Waals surface area (Å²) in [6.45, 7) is 10.9. The van der Waals surface area contributed by atoms with Crippen LogP contribution in [0, 0.1) is 11.8 Å². The van der Waals surface area contributed by atoms with Crippen molar-refractivity contribution in [2.24, 2.45) is 17.6 Å². The van der Waals surface area contributed by atoms with Gasteiger partial charge in [0.1, 0.15) is 0 Å². The second-order valence-electron chi connectivity index (χ2n) is 5.90. The van der Waals surface area contributed by atoms with Crippen molar-refractivity contribution in [3.05, 3.63) is 0 Å². The quantitative estimate of drug-likeness (QED) is 0.766. The fourth-order valence-electron chi connectivity index (χ4n) is 2.51. The van der Waals surface area contributed by atoms with Gasteiger partial charge in [-0.1, -0.05) is 20.8 Å². The molecule has 1 aliphatic heterocycles. The van der Waals surface area contributed by atoms with Crippen LogP contribution in [0.4, 0.5) is 0 Å². The normalized spacial score (nSPS) is 31.7. The van der Waals surface area contributed by atoms with Gasteiger partial charge in [0.25, 0.3) is 0 Å². The maximum Gasteiger partial charge on any atom is 0.0768 e. The van der Waals surface area contributed by atoms with Gasteiger partial charge < -0.3 is 10.8 Å². The molecular weight excluding hydrogens is 200 g/mol. The van der Waals surface area contributed by atoms with Crippen LogP contribution in [-0.4, -0.2) is 41.3 Å². The largest absolute Gasteiger partial charge is 0.389 e. The molecule has 0 amide bonds. The lowest BCUT2D eigenvalue weighted by atomic mass is 9.86. The van der Waals surface area contributed by atoms with Gasteiger partial charge >= 0.3 is 0 Å². The maximum absolute atomic E-state index is 10.4. The first-order chi connectivity index (χ1) is 7.38. The topological polar surface area (TPSA) is 49.5 Å². The first kappa shape index (κ1) is 13.9. The van der Waals surface area contributed by atoms with Gasteiger partial charge in [0.15, 0.2) is 0 Å². The molecule has 1 aliphatic rings. The van der Waals surface area contributed by atoms with Crippen LogP contribution in [0.5, 0.6) is 0 Å². The molecule has 1 saturated heterocycles. The molecule has 1 fully saturated rings. The zero-order valence-corrected chi connectivity index (χ0v) is 11.2. The highest BCUT2D eigenvalue weighted by Crippen LogP contribution is 2.26. The second kappa shape index (κ2) is 5.48. The lowest BCUT2D eigenvalue weighted by Gasteiger charge is -2.43. The van der Waals surface area contributed by atoms with E-state index in [2.05, 4.69) is 25.7 Å². The molecular formula is C13H28N2O. The summed E-state index contributed by atoms with van der Waals surface area (Å²) in [5, 5.41) is 10.4. The third kappa shape index (κ3) is 3.19. The van der Waals surface area contributed by atoms with E-state index < -0.39 is 5.60 Å². The highest BCUT2D eigenvalue weighted by Gasteiger charge is 2.34. The Bertz CT molecular complexity index is 216. The molecule has 0 aromatic rings. The molecule has 0 aromatic heterocycles. The zero-order valence-electron chi connectivity index (χ0n) is 11.2. The Kier molecular flexibility index (Phi) is 4.77. The van der Waals surface area contributed by atoms with Crippen LogP contribution in [0.15, 0.2) is 0 Å². The molecule has 0 spiro atoms. The minimum absolute atomic E-state index is 0.281. The molecule has 0 aliphatic carbocycles. The molecule has 16 heavy (non-hydrogen) atoms. The minimum atomic E-state index is -0.607. The molecule has 3 N–H and O–H groups in total. The lowest BCUT2D eigenvalue weighted by molar-refractivity contribution is -0.0423. The van der Waals surface area contributed by atoms with Gasteiger partial charge in [0, 0.05) is 19.1 Å². The number of nitrogens with zero attached hydrogens (tertiary/aromatic N) is 1. The number of nitrogens with two attached hydrogens (primary N) is 1. The standard InChI is InChI=1S/C13H28N2O/c1-10(2)13(4,16)9-15-7-5-6-11(3)12(15)8-14/h10-12,16H,5-9,14H2,1-4H3. The van der Waals surface area contributed by atoms with E-state index in [0.717, 1.165) is 13.1 Å². The third-order valence-electron chi connectivity index (χ3n) is 4.24. The van der Waals surface area contributed by atoms with Crippen molar-refractivity contribution < 1.29 is 5.11 Å². The van der Waals surface area contributed by atoms with Crippen molar-refractivity contribution in [1.29, 1.82) is 0 Å². The van der Waals surface area contributed by atoms with Crippen LogP contribution in [0.3, 0.4) is 0 Å². The lowest BCUT2D eigenvalue weighted by Crippen LogP contribution is -2.54. The highest BCUT2D eigenvalue weighted by molar-refractivity contribution is 4.88. The molecule has 1 rings (SSSR count). The van der Waals surface area contributed by atoms with E-state index in [1.165, 1.54) is 12.8 Å². The summed E-state index contributed by atoms with van der Waals surface area (Å²) in [5.41, 5.74) is 5.25. The van der Waals surface area contributed by atoms with E-state index in [1.54, 1.807) is 0 Å². The summed E-state index contributed by atoms with van der Waals surface area (Å²) in [7, 11) is 0. The van der Waals surface area contributed by atoms with E-state index >= 15 is 0 Å². The second-order valence-corrected chi connectivity index (χ2v) is 5.90. The molecule has 96 valence electrons. The fraction of sp³-hybridized carbons (Fsp3) is 1.00. The molecule has 3 heteroatoms. The molecule has 1 heterocycles. The Hall–Kier alpha value is -0.120. The van der Waals surface area contributed by atoms with Crippen LogP contribution >= 0.6 is 0 Å². The van der Waals surface area contributed by atoms with Gasteiger partial charge in [-0.15, -0.1) is 0 Å². The van der Waals surface area contributed by atoms with Crippen LogP contribution in [-0.2, 0) is 0 Å². The smallest absolute Gasteiger partial charge is 0.0768 e. The molecule has 0 saturated carbocycles. The van der Waals surface area contributed by atoms with Gasteiger partial charge in [-0.2, -0.15) is 0 Å². The van der Waals surface area contributed by atoms with Crippen molar-refractivity contribution in [3.8, 4) is 0 Å². The van der Waals surface area contributed by atoms with Crippen LogP contribution in [0.2, 0.25) is 0 Å². The third-order valence-corrected chi connectivity index (χ3v) is 4.24. The monoisotopic (exact) mass is 228 g/mol. The highest BCUT2D eigenvalue weighted by atomic mass is 16.3. The Labute approximate surface area is 100 Å². The van der Waals surface area contributed by atoms with Crippen LogP contribution in [0.25, 0.3) is 0 Å². The molecule has 3 unspecified atom stereocenters. The minimum Gasteiger partial charge on any atom is -0.389 e. The Balaban J connectivity index is 2.64. The summed E-state index contributed by atoms with van der Waals surface area (Å²) >= 11 is 0. The molecule has 3 nitrogen and oxygen atoms in total. The van der Waals surface area contributed by atoms with Crippen molar-refractivity contribution in [3.63, 3.8) is 0 Å². The van der Waals surface area contributed by atoms with E-state index in [9.17, 15) is 5.11 Å². The first-order valence-corrected chi connectivity index (χ1v) is 6.55. The van der Waals surface area contributed by atoms with Crippen molar-refractivity contribution in [1.82, 2.24) is 4.90 Å². The zero-order chi connectivity index (χ0) is 12.3. The Morgan fingerprint density at radius 1 is 1.50 bits per heavy atom. The summed E-state index contributed by atoms with van der Waals surface area (Å²) < 4.78 is 0. The van der Waals surface area contributed by atoms with Crippen molar-refractivity contribution in [2.75, 3.05) is 19.6 Å². The predicted molar refractivity (Wildman–Crippen MR) is 68.3 cm³/mol. The van der Waals surface area contributed by atoms with Crippen molar-refractivity contribution >= 4 is 0 Å². The average Bonchev–Trinajstić information content (AvgIpc) is 2.17. The van der Waals surface area contributed by atoms with Gasteiger partial charge in [-0.3, -0.25) is 4.90 Å². The van der Waals surface area contributed by atoms with Gasteiger partial charge in [0.05, 0.1) is 5.60 Å². The van der Waals surface area contributed by atoms with Crippen LogP contribution in [0.1, 0.15) is 40.5 Å². The van der Waals surface area contributed by atoms with Crippen molar-refractivity contribution in [2.45, 2.75) is 52.2 Å².